The Labute approximate surface area is 144 Å². The van der Waals surface area contributed by atoms with Gasteiger partial charge in [0.05, 0.1) is 6.54 Å². The van der Waals surface area contributed by atoms with Gasteiger partial charge in [0, 0.05) is 5.69 Å². The summed E-state index contributed by atoms with van der Waals surface area (Å²) in [6.45, 7) is 6.32. The predicted octanol–water partition coefficient (Wildman–Crippen LogP) is 3.83. The van der Waals surface area contributed by atoms with E-state index in [1.807, 2.05) is 42.5 Å². The van der Waals surface area contributed by atoms with Gasteiger partial charge < -0.3 is 16.2 Å². The Kier molecular flexibility index (Phi) is 5.99. The van der Waals surface area contributed by atoms with Crippen LogP contribution in [0.1, 0.15) is 44.2 Å². The minimum absolute atomic E-state index is 0.195. The van der Waals surface area contributed by atoms with Crippen molar-refractivity contribution in [3.63, 3.8) is 0 Å². The van der Waals surface area contributed by atoms with E-state index < -0.39 is 5.60 Å². The summed E-state index contributed by atoms with van der Waals surface area (Å²) in [5.74, 6) is 0.841. The van der Waals surface area contributed by atoms with Crippen LogP contribution >= 0.6 is 0 Å². The Morgan fingerprint density at radius 1 is 1.17 bits per heavy atom. The third-order valence-corrected chi connectivity index (χ3v) is 4.32. The first-order valence-corrected chi connectivity index (χ1v) is 8.37. The lowest BCUT2D eigenvalue weighted by Crippen LogP contribution is -2.29. The van der Waals surface area contributed by atoms with Crippen LogP contribution < -0.4 is 11.1 Å². The van der Waals surface area contributed by atoms with Crippen molar-refractivity contribution in [3.8, 4) is 0 Å². The first-order valence-electron chi connectivity index (χ1n) is 8.37. The van der Waals surface area contributed by atoms with Crippen molar-refractivity contribution >= 4 is 11.6 Å². The zero-order chi connectivity index (χ0) is 17.6. The normalized spacial score (nSPS) is 15.6. The van der Waals surface area contributed by atoms with Crippen LogP contribution in [0.3, 0.4) is 0 Å². The molecule has 0 amide bonds. The van der Waals surface area contributed by atoms with Crippen molar-refractivity contribution in [2.24, 2.45) is 10.7 Å². The molecule has 0 aliphatic carbocycles. The number of nitrogens with zero attached hydrogens (tertiary/aromatic N) is 1. The molecule has 2 aromatic carbocycles. The molecule has 2 rings (SSSR count). The van der Waals surface area contributed by atoms with Crippen LogP contribution in [0, 0.1) is 0 Å². The number of nitrogens with two attached hydrogens (primary N) is 1. The van der Waals surface area contributed by atoms with Crippen molar-refractivity contribution < 1.29 is 5.11 Å². The Hall–Kier alpha value is -2.33. The van der Waals surface area contributed by atoms with E-state index in [1.54, 1.807) is 6.92 Å². The third kappa shape index (κ3) is 4.83. The van der Waals surface area contributed by atoms with Gasteiger partial charge in [-0.25, -0.2) is 4.99 Å². The Morgan fingerprint density at radius 3 is 2.38 bits per heavy atom. The topological polar surface area (TPSA) is 70.6 Å². The molecule has 2 aromatic rings. The molecule has 4 heteroatoms. The fraction of sp³-hybridized carbons (Fsp3) is 0.350. The minimum atomic E-state index is -1.05. The van der Waals surface area contributed by atoms with E-state index in [-0.39, 0.29) is 6.54 Å². The molecule has 0 aliphatic rings. The fourth-order valence-electron chi connectivity index (χ4n) is 2.45. The lowest BCUT2D eigenvalue weighted by Gasteiger charge is -2.21. The van der Waals surface area contributed by atoms with Crippen LogP contribution in [0.4, 0.5) is 5.69 Å². The zero-order valence-corrected chi connectivity index (χ0v) is 14.7. The number of anilines is 1. The summed E-state index contributed by atoms with van der Waals surface area (Å²) < 4.78 is 0. The Bertz CT molecular complexity index is 663. The van der Waals surface area contributed by atoms with Gasteiger partial charge in [0.15, 0.2) is 5.96 Å². The molecule has 24 heavy (non-hydrogen) atoms. The van der Waals surface area contributed by atoms with Crippen LogP contribution in [0.25, 0.3) is 0 Å². The smallest absolute Gasteiger partial charge is 0.193 e. The van der Waals surface area contributed by atoms with Gasteiger partial charge in [-0.3, -0.25) is 0 Å². The van der Waals surface area contributed by atoms with E-state index in [0.717, 1.165) is 17.7 Å². The number of aliphatic imine (C=N–C) groups is 1. The van der Waals surface area contributed by atoms with Crippen molar-refractivity contribution in [1.82, 2.24) is 0 Å². The molecule has 2 atom stereocenters. The first-order chi connectivity index (χ1) is 11.4. The summed E-state index contributed by atoms with van der Waals surface area (Å²) in [7, 11) is 0. The van der Waals surface area contributed by atoms with E-state index in [1.165, 1.54) is 5.56 Å². The van der Waals surface area contributed by atoms with Crippen LogP contribution in [0.2, 0.25) is 0 Å². The maximum absolute atomic E-state index is 10.5. The van der Waals surface area contributed by atoms with E-state index in [0.29, 0.717) is 11.9 Å². The van der Waals surface area contributed by atoms with E-state index in [4.69, 9.17) is 5.73 Å². The molecule has 0 radical (unpaired) electrons. The second kappa shape index (κ2) is 7.97. The third-order valence-electron chi connectivity index (χ3n) is 4.32. The van der Waals surface area contributed by atoms with Gasteiger partial charge in [-0.1, -0.05) is 56.3 Å². The van der Waals surface area contributed by atoms with Gasteiger partial charge in [0.1, 0.15) is 5.60 Å². The molecule has 4 nitrogen and oxygen atoms in total. The molecule has 128 valence electrons. The molecule has 0 bridgehead atoms. The average molecular weight is 325 g/mol. The largest absolute Gasteiger partial charge is 0.384 e. The molecule has 0 fully saturated rings. The van der Waals surface area contributed by atoms with Crippen molar-refractivity contribution in [1.29, 1.82) is 0 Å². The predicted molar refractivity (Wildman–Crippen MR) is 101 cm³/mol. The van der Waals surface area contributed by atoms with Gasteiger partial charge in [0.25, 0.3) is 0 Å². The number of hydrogen-bond donors (Lipinski definition) is 3. The maximum Gasteiger partial charge on any atom is 0.193 e. The second-order valence-corrected chi connectivity index (χ2v) is 6.40. The van der Waals surface area contributed by atoms with Gasteiger partial charge in [-0.15, -0.1) is 0 Å². The maximum atomic E-state index is 10.5. The van der Waals surface area contributed by atoms with E-state index in [9.17, 15) is 5.11 Å². The summed E-state index contributed by atoms with van der Waals surface area (Å²) in [5, 5.41) is 13.6. The molecular formula is C20H27N3O. The molecule has 0 aliphatic heterocycles. The first kappa shape index (κ1) is 18.0. The number of guanidine groups is 1. The highest BCUT2D eigenvalue weighted by Crippen LogP contribution is 2.21. The summed E-state index contributed by atoms with van der Waals surface area (Å²) in [4.78, 5) is 4.27. The molecule has 0 saturated carbocycles. The fourth-order valence-corrected chi connectivity index (χ4v) is 2.45. The number of benzene rings is 2. The highest BCUT2D eigenvalue weighted by molar-refractivity contribution is 5.92. The van der Waals surface area contributed by atoms with Crippen LogP contribution in [0.5, 0.6) is 0 Å². The number of aliphatic hydroxyl groups is 1. The van der Waals surface area contributed by atoms with Crippen LogP contribution in [0.15, 0.2) is 59.6 Å². The Morgan fingerprint density at radius 2 is 1.79 bits per heavy atom. The average Bonchev–Trinajstić information content (AvgIpc) is 2.61. The molecule has 0 heterocycles. The highest BCUT2D eigenvalue weighted by atomic mass is 16.3. The molecule has 2 unspecified atom stereocenters. The molecule has 0 saturated heterocycles. The monoisotopic (exact) mass is 325 g/mol. The van der Waals surface area contributed by atoms with E-state index in [2.05, 4.69) is 36.3 Å². The molecule has 4 N–H and O–H groups in total. The van der Waals surface area contributed by atoms with Crippen molar-refractivity contribution in [2.75, 3.05) is 11.9 Å². The molecular weight excluding hydrogens is 298 g/mol. The van der Waals surface area contributed by atoms with Crippen LogP contribution in [-0.4, -0.2) is 17.6 Å². The summed E-state index contributed by atoms with van der Waals surface area (Å²) in [5.41, 5.74) is 7.92. The van der Waals surface area contributed by atoms with Gasteiger partial charge in [-0.2, -0.15) is 0 Å². The van der Waals surface area contributed by atoms with Crippen molar-refractivity contribution in [2.45, 2.75) is 38.7 Å². The number of nitrogens with one attached hydrogen (secondary N) is 1. The molecule has 0 spiro atoms. The van der Waals surface area contributed by atoms with Crippen LogP contribution in [-0.2, 0) is 5.60 Å². The number of hydrogen-bond acceptors (Lipinski definition) is 2. The standard InChI is InChI=1S/C20H27N3O/c1-4-15(2)16-10-12-18(13-11-16)23-19(21)22-14-20(3,24)17-8-6-5-7-9-17/h5-13,15,24H,4,14H2,1-3H3,(H3,21,22,23). The molecule has 0 aromatic heterocycles. The quantitative estimate of drug-likeness (QED) is 0.558. The van der Waals surface area contributed by atoms with Gasteiger partial charge in [0.2, 0.25) is 0 Å². The van der Waals surface area contributed by atoms with Crippen molar-refractivity contribution in [3.05, 3.63) is 65.7 Å². The lowest BCUT2D eigenvalue weighted by molar-refractivity contribution is 0.0674. The number of rotatable bonds is 6. The summed E-state index contributed by atoms with van der Waals surface area (Å²) in [6.07, 6.45) is 1.12. The Balaban J connectivity index is 1.99. The van der Waals surface area contributed by atoms with Gasteiger partial charge in [-0.05, 0) is 42.5 Å². The minimum Gasteiger partial charge on any atom is -0.384 e. The van der Waals surface area contributed by atoms with E-state index >= 15 is 0 Å². The summed E-state index contributed by atoms with van der Waals surface area (Å²) >= 11 is 0. The SMILES string of the molecule is CCC(C)c1ccc(NC(N)=NCC(C)(O)c2ccccc2)cc1. The van der Waals surface area contributed by atoms with Gasteiger partial charge >= 0.3 is 0 Å². The summed E-state index contributed by atoms with van der Waals surface area (Å²) in [6, 6.07) is 17.7. The highest BCUT2D eigenvalue weighted by Gasteiger charge is 2.22. The lowest BCUT2D eigenvalue weighted by atomic mass is 9.96. The second-order valence-electron chi connectivity index (χ2n) is 6.40. The zero-order valence-electron chi connectivity index (χ0n) is 14.7.